The standard InChI is InChI=1S/2CH3.2CH2.W/h2*1H3;2*1H2;/q2*-1;;;. The van der Waals surface area contributed by atoms with Crippen molar-refractivity contribution in [2.75, 3.05) is 0 Å². The Morgan fingerprint density at radius 1 is 1.00 bits per heavy atom. The van der Waals surface area contributed by atoms with E-state index in [9.17, 15) is 0 Å². The molecule has 0 rings (SSSR count). The van der Waals surface area contributed by atoms with Gasteiger partial charge in [0.15, 0.2) is 0 Å². The summed E-state index contributed by atoms with van der Waals surface area (Å²) in [6.45, 7) is 0. The predicted octanol–water partition coefficient (Wildman–Crippen LogP) is 0.833. The van der Waals surface area contributed by atoms with Gasteiger partial charge in [-0.25, -0.2) is 0 Å². The molecule has 0 amide bonds. The van der Waals surface area contributed by atoms with Crippen molar-refractivity contribution in [3.05, 3.63) is 14.9 Å². The molecule has 0 fully saturated rings. The first kappa shape index (κ1) is 18.1. The van der Waals surface area contributed by atoms with E-state index in [1.54, 1.807) is 0 Å². The minimum Gasteiger partial charge on any atom is -0.358 e. The maximum absolute atomic E-state index is 3.54. The van der Waals surface area contributed by atoms with Gasteiger partial charge in [0.1, 0.15) is 0 Å². The van der Waals surface area contributed by atoms with Crippen molar-refractivity contribution in [3.8, 4) is 0 Å². The summed E-state index contributed by atoms with van der Waals surface area (Å²) in [4.78, 5) is 7.08. The second kappa shape index (κ2) is 25.5. The molecule has 5 heavy (non-hydrogen) atoms. The van der Waals surface area contributed by atoms with Crippen LogP contribution >= 0.6 is 0 Å². The molecule has 0 N–H and O–H groups in total. The minimum absolute atomic E-state index is 0. The van der Waals surface area contributed by atoms with Crippen molar-refractivity contribution >= 4 is 9.81 Å². The summed E-state index contributed by atoms with van der Waals surface area (Å²) >= 11 is -0.250. The van der Waals surface area contributed by atoms with Crippen LogP contribution in [0.5, 0.6) is 0 Å². The second-order valence-electron chi connectivity index (χ2n) is 0.204. The molecule has 0 aromatic rings. The zero-order valence-corrected chi connectivity index (χ0v) is 6.76. The fourth-order valence-corrected chi connectivity index (χ4v) is 0. The molecular formula is C4H10W-2. The molecule has 0 saturated carbocycles. The van der Waals surface area contributed by atoms with Crippen LogP contribution in [0.3, 0.4) is 0 Å². The molecule has 0 heterocycles. The monoisotopic (exact) mass is 242 g/mol. The molecule has 0 unspecified atom stereocenters. The molecule has 0 aromatic carbocycles. The average Bonchev–Trinajstić information content (AvgIpc) is 0.918. The van der Waals surface area contributed by atoms with Gasteiger partial charge in [-0.2, -0.15) is 0 Å². The SMILES string of the molecule is [CH2]=[W]=[CH2].[CH3-].[CH3-]. The molecule has 0 atom stereocenters. The molecule has 0 aliphatic carbocycles. The van der Waals surface area contributed by atoms with E-state index >= 15 is 0 Å². The first-order chi connectivity index (χ1) is 1.41. The normalized spacial score (nSPS) is 2.40. The quantitative estimate of drug-likeness (QED) is 0.552. The first-order valence-electron chi connectivity index (χ1n) is 0.577. The predicted molar refractivity (Wildman–Crippen MR) is 27.1 cm³/mol. The van der Waals surface area contributed by atoms with Gasteiger partial charge >= 0.3 is 27.4 Å². The number of hydrogen-bond acceptors (Lipinski definition) is 0. The van der Waals surface area contributed by atoms with Crippen LogP contribution in [0.1, 0.15) is 0 Å². The van der Waals surface area contributed by atoms with E-state index in [2.05, 4.69) is 9.81 Å². The van der Waals surface area contributed by atoms with Crippen LogP contribution in [0.2, 0.25) is 0 Å². The third-order valence-electron chi connectivity index (χ3n) is 0. The molecule has 1 heteroatoms. The maximum Gasteiger partial charge on any atom is -0.358 e. The summed E-state index contributed by atoms with van der Waals surface area (Å²) < 4.78 is 0. The van der Waals surface area contributed by atoms with E-state index in [1.165, 1.54) is 0 Å². The van der Waals surface area contributed by atoms with E-state index in [0.29, 0.717) is 0 Å². The first-order valence-corrected chi connectivity index (χ1v) is 4.73. The van der Waals surface area contributed by atoms with Crippen LogP contribution in [0.4, 0.5) is 0 Å². The van der Waals surface area contributed by atoms with Crippen LogP contribution in [0.15, 0.2) is 0 Å². The molecule has 0 radical (unpaired) electrons. The van der Waals surface area contributed by atoms with Crippen molar-refractivity contribution in [1.82, 2.24) is 0 Å². The summed E-state index contributed by atoms with van der Waals surface area (Å²) in [6.07, 6.45) is 0. The van der Waals surface area contributed by atoms with Gasteiger partial charge in [0.25, 0.3) is 0 Å². The van der Waals surface area contributed by atoms with Gasteiger partial charge in [-0.15, -0.1) is 0 Å². The fourth-order valence-electron chi connectivity index (χ4n) is 0. The van der Waals surface area contributed by atoms with Crippen molar-refractivity contribution in [2.24, 2.45) is 0 Å². The van der Waals surface area contributed by atoms with Gasteiger partial charge in [-0.3, -0.25) is 0 Å². The van der Waals surface area contributed by atoms with E-state index < -0.39 is 0 Å². The summed E-state index contributed by atoms with van der Waals surface area (Å²) in [6, 6.07) is 0. The second-order valence-corrected chi connectivity index (χ2v) is 1.67. The van der Waals surface area contributed by atoms with Gasteiger partial charge in [0.2, 0.25) is 0 Å². The van der Waals surface area contributed by atoms with Gasteiger partial charge < -0.3 is 14.9 Å². The maximum atomic E-state index is 3.54. The molecule has 0 spiro atoms. The van der Waals surface area contributed by atoms with Gasteiger partial charge in [-0.1, -0.05) is 0 Å². The summed E-state index contributed by atoms with van der Waals surface area (Å²) in [5.74, 6) is 0. The number of hydrogen-bond donors (Lipinski definition) is 0. The Labute approximate surface area is 42.8 Å². The zero-order chi connectivity index (χ0) is 2.71. The Hall–Kier alpha value is 0.428. The van der Waals surface area contributed by atoms with Crippen molar-refractivity contribution in [2.45, 2.75) is 0 Å². The van der Waals surface area contributed by atoms with Crippen LogP contribution in [0, 0.1) is 14.9 Å². The molecule has 0 bridgehead atoms. The third-order valence-corrected chi connectivity index (χ3v) is 0. The Morgan fingerprint density at radius 3 is 1.00 bits per heavy atom. The van der Waals surface area contributed by atoms with E-state index in [4.69, 9.17) is 0 Å². The topological polar surface area (TPSA) is 0 Å². The average molecular weight is 242 g/mol. The Bertz CT molecular complexity index is 24.6. The molecule has 34 valence electrons. The molecule has 0 nitrogen and oxygen atoms in total. The molecular weight excluding hydrogens is 232 g/mol. The summed E-state index contributed by atoms with van der Waals surface area (Å²) in [5.41, 5.74) is 0. The summed E-state index contributed by atoms with van der Waals surface area (Å²) in [5, 5.41) is 0. The van der Waals surface area contributed by atoms with Gasteiger partial charge in [0, 0.05) is 0 Å². The van der Waals surface area contributed by atoms with E-state index in [-0.39, 0.29) is 32.5 Å². The Morgan fingerprint density at radius 2 is 1.00 bits per heavy atom. The van der Waals surface area contributed by atoms with Gasteiger partial charge in [-0.05, 0) is 0 Å². The molecule has 0 aromatic heterocycles. The Kier molecular flexibility index (Phi) is 92.1. The van der Waals surface area contributed by atoms with Crippen LogP contribution < -0.4 is 0 Å². The molecule has 0 saturated heterocycles. The smallest absolute Gasteiger partial charge is 0.358 e. The fraction of sp³-hybridized carbons (Fsp3) is 0. The van der Waals surface area contributed by atoms with E-state index in [0.717, 1.165) is 0 Å². The largest absolute Gasteiger partial charge is 0.358 e. The minimum atomic E-state index is -0.250. The van der Waals surface area contributed by atoms with Gasteiger partial charge in [0.05, 0.1) is 0 Å². The zero-order valence-electron chi connectivity index (χ0n) is 3.82. The van der Waals surface area contributed by atoms with Crippen LogP contribution in [0.25, 0.3) is 0 Å². The van der Waals surface area contributed by atoms with Crippen molar-refractivity contribution in [1.29, 1.82) is 0 Å². The van der Waals surface area contributed by atoms with Crippen LogP contribution in [-0.4, -0.2) is 9.81 Å². The third kappa shape index (κ3) is 142. The number of rotatable bonds is 0. The Balaban J connectivity index is -0.0000000200. The van der Waals surface area contributed by atoms with E-state index in [1.807, 2.05) is 0 Å². The molecule has 0 aliphatic heterocycles. The summed E-state index contributed by atoms with van der Waals surface area (Å²) in [7, 11) is 0. The molecule has 0 aliphatic rings. The van der Waals surface area contributed by atoms with Crippen molar-refractivity contribution < 1.29 is 17.6 Å². The van der Waals surface area contributed by atoms with Crippen LogP contribution in [-0.2, 0) is 17.6 Å². The van der Waals surface area contributed by atoms with Crippen molar-refractivity contribution in [3.63, 3.8) is 0 Å².